The lowest BCUT2D eigenvalue weighted by Gasteiger charge is -2.20. The van der Waals surface area contributed by atoms with E-state index in [0.717, 1.165) is 6.07 Å². The molecule has 0 aliphatic heterocycles. The number of carboxylic acid groups (broad SMARTS) is 1. The highest BCUT2D eigenvalue weighted by Crippen LogP contribution is 2.31. The third kappa shape index (κ3) is 4.40. The third-order valence-corrected chi connectivity index (χ3v) is 4.66. The minimum atomic E-state index is -4.86. The predicted octanol–water partition coefficient (Wildman–Crippen LogP) is 4.28. The smallest absolute Gasteiger partial charge is 0.481 e. The van der Waals surface area contributed by atoms with Crippen molar-refractivity contribution in [2.45, 2.75) is 26.6 Å². The van der Waals surface area contributed by atoms with E-state index >= 15 is 0 Å². The molecular formula is C21H19F3N2O4. The molecule has 3 aromatic rings. The molecule has 0 saturated carbocycles. The number of rotatable bonds is 6. The number of hydrogen-bond donors (Lipinski definition) is 2. The lowest BCUT2D eigenvalue weighted by Crippen LogP contribution is -2.26. The number of amides is 1. The molecular weight excluding hydrogens is 401 g/mol. The van der Waals surface area contributed by atoms with Crippen molar-refractivity contribution in [3.8, 4) is 11.4 Å². The van der Waals surface area contributed by atoms with E-state index in [1.165, 1.54) is 22.8 Å². The third-order valence-electron chi connectivity index (χ3n) is 4.66. The molecule has 0 aliphatic carbocycles. The molecule has 6 nitrogen and oxygen atoms in total. The molecule has 0 unspecified atom stereocenters. The van der Waals surface area contributed by atoms with Crippen LogP contribution < -0.4 is 10.5 Å². The first-order chi connectivity index (χ1) is 13.9. The summed E-state index contributed by atoms with van der Waals surface area (Å²) in [5.74, 6) is -2.17. The van der Waals surface area contributed by atoms with Gasteiger partial charge in [-0.3, -0.25) is 9.59 Å². The monoisotopic (exact) mass is 420 g/mol. The van der Waals surface area contributed by atoms with E-state index in [-0.39, 0.29) is 12.1 Å². The van der Waals surface area contributed by atoms with Crippen molar-refractivity contribution < 1.29 is 32.6 Å². The molecule has 0 saturated heterocycles. The van der Waals surface area contributed by atoms with Crippen molar-refractivity contribution in [1.82, 2.24) is 4.57 Å². The van der Waals surface area contributed by atoms with Gasteiger partial charge in [-0.15, -0.1) is 13.2 Å². The maximum Gasteiger partial charge on any atom is 0.573 e. The van der Waals surface area contributed by atoms with Crippen molar-refractivity contribution in [2.75, 3.05) is 0 Å². The van der Waals surface area contributed by atoms with E-state index in [1.807, 2.05) is 0 Å². The SMILES string of the molecule is CC(C)(Cc1cccc(-n2c(C(N)=O)cc3ccc(OC(F)(F)F)cc32)c1)C(=O)O. The maximum atomic E-state index is 12.6. The molecule has 30 heavy (non-hydrogen) atoms. The van der Waals surface area contributed by atoms with E-state index in [0.29, 0.717) is 22.2 Å². The molecule has 158 valence electrons. The first kappa shape index (κ1) is 21.2. The van der Waals surface area contributed by atoms with Crippen LogP contribution in [-0.2, 0) is 11.2 Å². The Bertz CT molecular complexity index is 1130. The molecule has 0 fully saturated rings. The molecule has 9 heteroatoms. The molecule has 0 radical (unpaired) electrons. The summed E-state index contributed by atoms with van der Waals surface area (Å²) in [6, 6.07) is 11.9. The van der Waals surface area contributed by atoms with E-state index in [4.69, 9.17) is 5.73 Å². The number of alkyl halides is 3. The minimum absolute atomic E-state index is 0.0730. The van der Waals surface area contributed by atoms with Gasteiger partial charge in [0.05, 0.1) is 10.9 Å². The Hall–Kier alpha value is -3.49. The number of carbonyl (C=O) groups is 2. The molecule has 3 N–H and O–H groups in total. The van der Waals surface area contributed by atoms with Crippen LogP contribution in [0.4, 0.5) is 13.2 Å². The van der Waals surface area contributed by atoms with Gasteiger partial charge in [0.2, 0.25) is 0 Å². The normalized spacial score (nSPS) is 12.2. The van der Waals surface area contributed by atoms with Gasteiger partial charge in [-0.05, 0) is 56.2 Å². The van der Waals surface area contributed by atoms with E-state index in [2.05, 4.69) is 4.74 Å². The van der Waals surface area contributed by atoms with Crippen LogP contribution in [0.2, 0.25) is 0 Å². The number of benzene rings is 2. The summed E-state index contributed by atoms with van der Waals surface area (Å²) in [5.41, 5.74) is 5.96. The van der Waals surface area contributed by atoms with Crippen molar-refractivity contribution in [3.63, 3.8) is 0 Å². The Morgan fingerprint density at radius 3 is 2.40 bits per heavy atom. The van der Waals surface area contributed by atoms with Gasteiger partial charge in [0.25, 0.3) is 5.91 Å². The van der Waals surface area contributed by atoms with Gasteiger partial charge in [0.15, 0.2) is 0 Å². The maximum absolute atomic E-state index is 12.6. The molecule has 1 aromatic heterocycles. The molecule has 2 aromatic carbocycles. The average molecular weight is 420 g/mol. The van der Waals surface area contributed by atoms with Crippen LogP contribution in [0.5, 0.6) is 5.75 Å². The molecule has 0 spiro atoms. The van der Waals surface area contributed by atoms with Crippen LogP contribution in [0.1, 0.15) is 29.9 Å². The van der Waals surface area contributed by atoms with Crippen LogP contribution in [0.15, 0.2) is 48.5 Å². The number of nitrogens with zero attached hydrogens (tertiary/aromatic N) is 1. The van der Waals surface area contributed by atoms with Crippen LogP contribution in [-0.4, -0.2) is 27.9 Å². The van der Waals surface area contributed by atoms with Gasteiger partial charge in [0, 0.05) is 17.1 Å². The summed E-state index contributed by atoms with van der Waals surface area (Å²) in [7, 11) is 0. The number of nitrogens with two attached hydrogens (primary N) is 1. The van der Waals surface area contributed by atoms with Gasteiger partial charge in [-0.2, -0.15) is 0 Å². The van der Waals surface area contributed by atoms with E-state index < -0.39 is 29.4 Å². The Balaban J connectivity index is 2.15. The summed E-state index contributed by atoms with van der Waals surface area (Å²) in [6.45, 7) is 3.17. The molecule has 1 heterocycles. The van der Waals surface area contributed by atoms with Crippen molar-refractivity contribution in [3.05, 3.63) is 59.8 Å². The second-order valence-corrected chi connectivity index (χ2v) is 7.53. The molecule has 3 rings (SSSR count). The predicted molar refractivity (Wildman–Crippen MR) is 104 cm³/mol. The van der Waals surface area contributed by atoms with Crippen LogP contribution >= 0.6 is 0 Å². The zero-order valence-corrected chi connectivity index (χ0v) is 16.2. The highest BCUT2D eigenvalue weighted by molar-refractivity contribution is 5.99. The lowest BCUT2D eigenvalue weighted by molar-refractivity contribution is -0.274. The van der Waals surface area contributed by atoms with Gasteiger partial charge in [0.1, 0.15) is 11.4 Å². The first-order valence-corrected chi connectivity index (χ1v) is 8.91. The summed E-state index contributed by atoms with van der Waals surface area (Å²) in [4.78, 5) is 23.4. The topological polar surface area (TPSA) is 94.5 Å². The number of halogens is 3. The zero-order valence-electron chi connectivity index (χ0n) is 16.2. The highest BCUT2D eigenvalue weighted by atomic mass is 19.4. The molecule has 0 atom stereocenters. The van der Waals surface area contributed by atoms with Crippen molar-refractivity contribution in [1.29, 1.82) is 0 Å². The van der Waals surface area contributed by atoms with Crippen molar-refractivity contribution >= 4 is 22.8 Å². The van der Waals surface area contributed by atoms with E-state index in [1.54, 1.807) is 38.1 Å². The van der Waals surface area contributed by atoms with Crippen molar-refractivity contribution in [2.24, 2.45) is 11.1 Å². The fourth-order valence-electron chi connectivity index (χ4n) is 3.23. The average Bonchev–Trinajstić information content (AvgIpc) is 2.99. The minimum Gasteiger partial charge on any atom is -0.481 e. The first-order valence-electron chi connectivity index (χ1n) is 8.91. The molecule has 0 bridgehead atoms. The Morgan fingerprint density at radius 2 is 1.80 bits per heavy atom. The number of aromatic nitrogens is 1. The molecule has 0 aliphatic rings. The zero-order chi connectivity index (χ0) is 22.3. The summed E-state index contributed by atoms with van der Waals surface area (Å²) >= 11 is 0. The number of hydrogen-bond acceptors (Lipinski definition) is 3. The quantitative estimate of drug-likeness (QED) is 0.622. The largest absolute Gasteiger partial charge is 0.573 e. The fraction of sp³-hybridized carbons (Fsp3) is 0.238. The number of primary amides is 1. The Labute approximate surface area is 169 Å². The highest BCUT2D eigenvalue weighted by Gasteiger charge is 2.31. The van der Waals surface area contributed by atoms with Gasteiger partial charge in [-0.1, -0.05) is 12.1 Å². The van der Waals surface area contributed by atoms with Gasteiger partial charge >= 0.3 is 12.3 Å². The van der Waals surface area contributed by atoms with Crippen LogP contribution in [0.3, 0.4) is 0 Å². The van der Waals surface area contributed by atoms with Crippen LogP contribution in [0.25, 0.3) is 16.6 Å². The Morgan fingerprint density at radius 1 is 1.10 bits per heavy atom. The standard InChI is InChI=1S/C21H19F3N2O4/c1-20(2,19(28)29)11-12-4-3-5-14(8-12)26-16-10-15(30-21(22,23)24)7-6-13(16)9-17(26)18(25)27/h3-10H,11H2,1-2H3,(H2,25,27)(H,28,29). The Kier molecular flexibility index (Phi) is 5.23. The fourth-order valence-corrected chi connectivity index (χ4v) is 3.23. The number of carbonyl (C=O) groups excluding carboxylic acids is 1. The summed E-state index contributed by atoms with van der Waals surface area (Å²) in [5, 5.41) is 9.86. The number of ether oxygens (including phenoxy) is 1. The van der Waals surface area contributed by atoms with E-state index in [9.17, 15) is 27.9 Å². The summed E-state index contributed by atoms with van der Waals surface area (Å²) < 4.78 is 43.3. The lowest BCUT2D eigenvalue weighted by atomic mass is 9.86. The van der Waals surface area contributed by atoms with Gasteiger partial charge < -0.3 is 20.1 Å². The number of carboxylic acids is 1. The second-order valence-electron chi connectivity index (χ2n) is 7.53. The number of fused-ring (bicyclic) bond motifs is 1. The summed E-state index contributed by atoms with van der Waals surface area (Å²) in [6.07, 6.45) is -4.65. The van der Waals surface area contributed by atoms with Crippen LogP contribution in [0, 0.1) is 5.41 Å². The molecule has 1 amide bonds. The second kappa shape index (κ2) is 7.40. The van der Waals surface area contributed by atoms with Gasteiger partial charge in [-0.25, -0.2) is 0 Å². The number of aliphatic carboxylic acids is 1.